The highest BCUT2D eigenvalue weighted by Crippen LogP contribution is 2.17. The van der Waals surface area contributed by atoms with Gasteiger partial charge in [-0.25, -0.2) is 9.18 Å². The third kappa shape index (κ3) is 5.14. The summed E-state index contributed by atoms with van der Waals surface area (Å²) in [6, 6.07) is 2.32. The molecule has 0 aliphatic carbocycles. The van der Waals surface area contributed by atoms with E-state index in [0.717, 1.165) is 6.07 Å². The minimum absolute atomic E-state index is 0.0941. The van der Waals surface area contributed by atoms with Crippen molar-refractivity contribution in [3.8, 4) is 0 Å². The average molecular weight is 362 g/mol. The number of carbonyl (C=O) groups is 3. The zero-order chi connectivity index (χ0) is 16.0. The molecule has 1 atom stereocenters. The molecule has 0 saturated heterocycles. The molecule has 0 aliphatic heterocycles. The lowest BCUT2D eigenvalue weighted by Crippen LogP contribution is -2.41. The Balaban J connectivity index is 2.74. The quantitative estimate of drug-likeness (QED) is 0.752. The Morgan fingerprint density at radius 2 is 2.10 bits per heavy atom. The van der Waals surface area contributed by atoms with E-state index in [9.17, 15) is 18.8 Å². The van der Waals surface area contributed by atoms with E-state index in [1.54, 1.807) is 0 Å². The predicted octanol–water partition coefficient (Wildman–Crippen LogP) is 1.72. The number of carboxylic acid groups (broad SMARTS) is 1. The van der Waals surface area contributed by atoms with Crippen LogP contribution in [0.25, 0.3) is 0 Å². The van der Waals surface area contributed by atoms with Gasteiger partial charge in [0.1, 0.15) is 11.9 Å². The van der Waals surface area contributed by atoms with Crippen molar-refractivity contribution >= 4 is 33.8 Å². The Kier molecular flexibility index (Phi) is 6.29. The minimum Gasteiger partial charge on any atom is -0.480 e. The Hall–Kier alpha value is -1.96. The number of methoxy groups -OCH3 is 1. The lowest BCUT2D eigenvalue weighted by atomic mass is 10.1. The second kappa shape index (κ2) is 7.72. The molecule has 0 aromatic heterocycles. The van der Waals surface area contributed by atoms with E-state index in [4.69, 9.17) is 5.11 Å². The van der Waals surface area contributed by atoms with Crippen LogP contribution in [0.5, 0.6) is 0 Å². The Morgan fingerprint density at radius 3 is 2.62 bits per heavy atom. The summed E-state index contributed by atoms with van der Waals surface area (Å²) in [4.78, 5) is 34.0. The summed E-state index contributed by atoms with van der Waals surface area (Å²) in [5.41, 5.74) is 0.104. The van der Waals surface area contributed by atoms with E-state index in [0.29, 0.717) is 0 Å². The van der Waals surface area contributed by atoms with Gasteiger partial charge in [0.05, 0.1) is 11.6 Å². The molecular weight excluding hydrogens is 349 g/mol. The van der Waals surface area contributed by atoms with Crippen LogP contribution in [-0.4, -0.2) is 36.1 Å². The molecule has 21 heavy (non-hydrogen) atoms. The number of benzene rings is 1. The van der Waals surface area contributed by atoms with Crippen LogP contribution < -0.4 is 5.32 Å². The van der Waals surface area contributed by atoms with Gasteiger partial charge < -0.3 is 15.2 Å². The standard InChI is InChI=1S/C13H13BrFNO5/c1-21-11(17)5-4-10(13(19)20)16-12(18)7-2-3-9(15)8(14)6-7/h2-3,6,10H,4-5H2,1H3,(H,16,18)(H,19,20)/t10-/m0/s1. The van der Waals surface area contributed by atoms with E-state index in [1.165, 1.54) is 19.2 Å². The van der Waals surface area contributed by atoms with Crippen LogP contribution >= 0.6 is 15.9 Å². The minimum atomic E-state index is -1.27. The van der Waals surface area contributed by atoms with Crippen LogP contribution in [0.2, 0.25) is 0 Å². The lowest BCUT2D eigenvalue weighted by Gasteiger charge is -2.14. The van der Waals surface area contributed by atoms with E-state index in [2.05, 4.69) is 26.0 Å². The largest absolute Gasteiger partial charge is 0.480 e. The van der Waals surface area contributed by atoms with E-state index in [1.807, 2.05) is 0 Å². The zero-order valence-electron chi connectivity index (χ0n) is 11.1. The lowest BCUT2D eigenvalue weighted by molar-refractivity contribution is -0.142. The SMILES string of the molecule is COC(=O)CC[C@H](NC(=O)c1ccc(F)c(Br)c1)C(=O)O. The Bertz CT molecular complexity index is 563. The molecule has 1 aromatic rings. The highest BCUT2D eigenvalue weighted by molar-refractivity contribution is 9.10. The number of nitrogens with one attached hydrogen (secondary N) is 1. The van der Waals surface area contributed by atoms with Crippen LogP contribution in [-0.2, 0) is 14.3 Å². The van der Waals surface area contributed by atoms with Gasteiger partial charge in [-0.05, 0) is 40.5 Å². The number of aliphatic carboxylic acids is 1. The molecule has 8 heteroatoms. The first-order chi connectivity index (χ1) is 9.85. The predicted molar refractivity (Wildman–Crippen MR) is 74.2 cm³/mol. The van der Waals surface area contributed by atoms with Gasteiger partial charge in [0, 0.05) is 12.0 Å². The average Bonchev–Trinajstić information content (AvgIpc) is 2.45. The third-order valence-corrected chi connectivity index (χ3v) is 3.26. The molecule has 0 heterocycles. The number of carboxylic acids is 1. The molecule has 0 bridgehead atoms. The Labute approximate surface area is 128 Å². The fraction of sp³-hybridized carbons (Fsp3) is 0.308. The van der Waals surface area contributed by atoms with Crippen LogP contribution in [0.4, 0.5) is 4.39 Å². The first-order valence-corrected chi connectivity index (χ1v) is 6.70. The van der Waals surface area contributed by atoms with Crippen molar-refractivity contribution in [1.82, 2.24) is 5.32 Å². The number of hydrogen-bond acceptors (Lipinski definition) is 4. The number of esters is 1. The van der Waals surface area contributed by atoms with Gasteiger partial charge >= 0.3 is 11.9 Å². The van der Waals surface area contributed by atoms with Crippen LogP contribution in [0.1, 0.15) is 23.2 Å². The summed E-state index contributed by atoms with van der Waals surface area (Å²) >= 11 is 2.94. The van der Waals surface area contributed by atoms with Crippen molar-refractivity contribution in [2.75, 3.05) is 7.11 Å². The molecular formula is C13H13BrFNO5. The third-order valence-electron chi connectivity index (χ3n) is 2.65. The Morgan fingerprint density at radius 1 is 1.43 bits per heavy atom. The van der Waals surface area contributed by atoms with E-state index >= 15 is 0 Å². The first-order valence-electron chi connectivity index (χ1n) is 5.90. The van der Waals surface area contributed by atoms with Crippen molar-refractivity contribution in [3.05, 3.63) is 34.1 Å². The molecule has 0 aliphatic rings. The summed E-state index contributed by atoms with van der Waals surface area (Å²) in [6.07, 6.45) is -0.239. The van der Waals surface area contributed by atoms with Gasteiger partial charge in [0.15, 0.2) is 0 Å². The van der Waals surface area contributed by atoms with Crippen molar-refractivity contribution in [3.63, 3.8) is 0 Å². The first kappa shape index (κ1) is 17.1. The van der Waals surface area contributed by atoms with E-state index < -0.39 is 29.7 Å². The number of rotatable bonds is 6. The summed E-state index contributed by atoms with van der Waals surface area (Å²) in [6.45, 7) is 0. The summed E-state index contributed by atoms with van der Waals surface area (Å²) in [7, 11) is 1.19. The molecule has 0 fully saturated rings. The fourth-order valence-electron chi connectivity index (χ4n) is 1.50. The second-order valence-electron chi connectivity index (χ2n) is 4.11. The van der Waals surface area contributed by atoms with Gasteiger partial charge in [-0.3, -0.25) is 9.59 Å². The molecule has 1 amide bonds. The number of amides is 1. The second-order valence-corrected chi connectivity index (χ2v) is 4.96. The molecule has 1 rings (SSSR count). The number of halogens is 2. The maximum Gasteiger partial charge on any atom is 0.326 e. The highest BCUT2D eigenvalue weighted by atomic mass is 79.9. The normalized spacial score (nSPS) is 11.6. The zero-order valence-corrected chi connectivity index (χ0v) is 12.6. The highest BCUT2D eigenvalue weighted by Gasteiger charge is 2.22. The van der Waals surface area contributed by atoms with Crippen LogP contribution in [0, 0.1) is 5.82 Å². The van der Waals surface area contributed by atoms with Gasteiger partial charge in [0.2, 0.25) is 0 Å². The number of hydrogen-bond donors (Lipinski definition) is 2. The van der Waals surface area contributed by atoms with Crippen LogP contribution in [0.3, 0.4) is 0 Å². The number of ether oxygens (including phenoxy) is 1. The maximum absolute atomic E-state index is 13.1. The number of carbonyl (C=O) groups excluding carboxylic acids is 2. The van der Waals surface area contributed by atoms with Crippen molar-refractivity contribution in [2.45, 2.75) is 18.9 Å². The molecule has 0 spiro atoms. The monoisotopic (exact) mass is 361 g/mol. The topological polar surface area (TPSA) is 92.7 Å². The molecule has 1 aromatic carbocycles. The summed E-state index contributed by atoms with van der Waals surface area (Å²) in [5.74, 6) is -3.05. The molecule has 114 valence electrons. The van der Waals surface area contributed by atoms with Gasteiger partial charge in [0.25, 0.3) is 5.91 Å². The van der Waals surface area contributed by atoms with Gasteiger partial charge in [-0.2, -0.15) is 0 Å². The molecule has 0 radical (unpaired) electrons. The van der Waals surface area contributed by atoms with Crippen molar-refractivity contribution < 1.29 is 28.6 Å². The van der Waals surface area contributed by atoms with Gasteiger partial charge in [-0.1, -0.05) is 0 Å². The smallest absolute Gasteiger partial charge is 0.326 e. The van der Waals surface area contributed by atoms with Crippen LogP contribution in [0.15, 0.2) is 22.7 Å². The summed E-state index contributed by atoms with van der Waals surface area (Å²) < 4.78 is 17.6. The molecule has 0 saturated carbocycles. The fourth-order valence-corrected chi connectivity index (χ4v) is 1.88. The molecule has 2 N–H and O–H groups in total. The molecule has 6 nitrogen and oxygen atoms in total. The van der Waals surface area contributed by atoms with E-state index in [-0.39, 0.29) is 22.9 Å². The summed E-state index contributed by atoms with van der Waals surface area (Å²) in [5, 5.41) is 11.3. The van der Waals surface area contributed by atoms with Crippen molar-refractivity contribution in [2.24, 2.45) is 0 Å². The van der Waals surface area contributed by atoms with Gasteiger partial charge in [-0.15, -0.1) is 0 Å². The maximum atomic E-state index is 13.1. The molecule has 0 unspecified atom stereocenters. The van der Waals surface area contributed by atoms with Crippen molar-refractivity contribution in [1.29, 1.82) is 0 Å².